The minimum absolute atomic E-state index is 0.00662. The van der Waals surface area contributed by atoms with Gasteiger partial charge in [-0.2, -0.15) is 0 Å². The average Bonchev–Trinajstić information content (AvgIpc) is 3.36. The van der Waals surface area contributed by atoms with Crippen LogP contribution in [0.2, 0.25) is 0 Å². The molecular weight excluding hydrogens is 539 g/mol. The number of rotatable bonds is 8. The van der Waals surface area contributed by atoms with Crippen molar-refractivity contribution in [2.45, 2.75) is 92.2 Å². The van der Waals surface area contributed by atoms with E-state index in [9.17, 15) is 14.0 Å². The second-order valence-corrected chi connectivity index (χ2v) is 13.3. The monoisotopic (exact) mass is 582 g/mol. The molecule has 0 N–H and O–H groups in total. The van der Waals surface area contributed by atoms with Crippen LogP contribution in [-0.2, 0) is 27.2 Å². The summed E-state index contributed by atoms with van der Waals surface area (Å²) >= 11 is 0. The molecule has 228 valence electrons. The van der Waals surface area contributed by atoms with Crippen molar-refractivity contribution < 1.29 is 23.2 Å². The minimum Gasteiger partial charge on any atom is -0.438 e. The van der Waals surface area contributed by atoms with E-state index in [2.05, 4.69) is 10.1 Å². The van der Waals surface area contributed by atoms with E-state index < -0.39 is 11.5 Å². The SMILES string of the molecule is Cc1nc2n(c(=O)c1CCN1CCC(c3noc4cc(F)ccc34)CC1)CCCC2OCOC(=O)C(C)(C)C(C)(C)C. The van der Waals surface area contributed by atoms with Gasteiger partial charge >= 0.3 is 5.97 Å². The Morgan fingerprint density at radius 2 is 1.86 bits per heavy atom. The minimum atomic E-state index is -0.665. The first-order valence-electron chi connectivity index (χ1n) is 15.0. The molecular formula is C32H43FN4O5. The molecule has 0 aliphatic carbocycles. The molecule has 1 aromatic carbocycles. The molecule has 3 aromatic rings. The first-order valence-corrected chi connectivity index (χ1v) is 15.0. The molecule has 0 amide bonds. The summed E-state index contributed by atoms with van der Waals surface area (Å²) in [6, 6.07) is 4.58. The summed E-state index contributed by atoms with van der Waals surface area (Å²) in [7, 11) is 0. The van der Waals surface area contributed by atoms with Crippen LogP contribution in [0, 0.1) is 23.6 Å². The number of halogens is 1. The molecule has 1 atom stereocenters. The van der Waals surface area contributed by atoms with Crippen LogP contribution in [0.4, 0.5) is 4.39 Å². The van der Waals surface area contributed by atoms with Gasteiger partial charge in [0.25, 0.3) is 5.56 Å². The maximum Gasteiger partial charge on any atom is 0.314 e. The quantitative estimate of drug-likeness (QED) is 0.247. The van der Waals surface area contributed by atoms with E-state index in [0.717, 1.165) is 67.7 Å². The second kappa shape index (κ2) is 11.9. The lowest BCUT2D eigenvalue weighted by Crippen LogP contribution is -2.39. The van der Waals surface area contributed by atoms with Crippen molar-refractivity contribution in [2.75, 3.05) is 26.4 Å². The number of hydrogen-bond acceptors (Lipinski definition) is 8. The number of carbonyl (C=O) groups excluding carboxylic acids is 1. The fourth-order valence-corrected chi connectivity index (χ4v) is 5.77. The molecule has 1 saturated heterocycles. The Morgan fingerprint density at radius 3 is 2.57 bits per heavy atom. The summed E-state index contributed by atoms with van der Waals surface area (Å²) in [5, 5.41) is 5.13. The third-order valence-electron chi connectivity index (χ3n) is 9.59. The average molecular weight is 583 g/mol. The van der Waals surface area contributed by atoms with Crippen molar-refractivity contribution in [1.29, 1.82) is 0 Å². The molecule has 0 saturated carbocycles. The predicted molar refractivity (Wildman–Crippen MR) is 157 cm³/mol. The van der Waals surface area contributed by atoms with Gasteiger partial charge in [-0.05, 0) is 83.5 Å². The van der Waals surface area contributed by atoms with Crippen LogP contribution in [0.25, 0.3) is 11.0 Å². The number of aryl methyl sites for hydroxylation is 1. The van der Waals surface area contributed by atoms with Crippen LogP contribution >= 0.6 is 0 Å². The van der Waals surface area contributed by atoms with Crippen molar-refractivity contribution in [1.82, 2.24) is 19.6 Å². The van der Waals surface area contributed by atoms with E-state index >= 15 is 0 Å². The summed E-state index contributed by atoms with van der Waals surface area (Å²) in [4.78, 5) is 33.4. The van der Waals surface area contributed by atoms with Crippen molar-refractivity contribution in [3.63, 3.8) is 0 Å². The molecule has 10 heteroatoms. The zero-order chi connectivity index (χ0) is 30.2. The molecule has 1 unspecified atom stereocenters. The number of benzene rings is 1. The second-order valence-electron chi connectivity index (χ2n) is 13.3. The number of esters is 1. The topological polar surface area (TPSA) is 99.7 Å². The summed E-state index contributed by atoms with van der Waals surface area (Å²) in [6.07, 6.45) is 3.59. The van der Waals surface area contributed by atoms with Gasteiger partial charge < -0.3 is 18.9 Å². The summed E-state index contributed by atoms with van der Waals surface area (Å²) in [5.74, 6) is 0.240. The van der Waals surface area contributed by atoms with Gasteiger partial charge in [0.15, 0.2) is 12.4 Å². The smallest absolute Gasteiger partial charge is 0.314 e. The zero-order valence-electron chi connectivity index (χ0n) is 25.7. The largest absolute Gasteiger partial charge is 0.438 e. The lowest BCUT2D eigenvalue weighted by Gasteiger charge is -2.36. The van der Waals surface area contributed by atoms with Crippen LogP contribution in [0.5, 0.6) is 0 Å². The highest BCUT2D eigenvalue weighted by atomic mass is 19.1. The number of nitrogens with zero attached hydrogens (tertiary/aromatic N) is 4. The van der Waals surface area contributed by atoms with Crippen molar-refractivity contribution >= 4 is 16.9 Å². The van der Waals surface area contributed by atoms with Gasteiger partial charge in [0.1, 0.15) is 17.7 Å². The Morgan fingerprint density at radius 1 is 1.12 bits per heavy atom. The number of fused-ring (bicyclic) bond motifs is 2. The molecule has 0 radical (unpaired) electrons. The molecule has 4 heterocycles. The van der Waals surface area contributed by atoms with Gasteiger partial charge in [0, 0.05) is 41.7 Å². The Labute approximate surface area is 246 Å². The van der Waals surface area contributed by atoms with Gasteiger partial charge in [-0.15, -0.1) is 0 Å². The molecule has 0 spiro atoms. The molecule has 2 aliphatic heterocycles. The van der Waals surface area contributed by atoms with Gasteiger partial charge in [0.05, 0.1) is 11.1 Å². The standard InChI is InChI=1S/C32H43FN4O5/c1-20-23(13-17-36-15-11-21(12-16-36)27-24-10-9-22(33)18-26(24)42-35-27)29(38)37-14-7-8-25(28(37)34-20)40-19-41-30(39)32(5,6)31(2,3)4/h9-10,18,21,25H,7-8,11-17,19H2,1-6H3. The zero-order valence-corrected chi connectivity index (χ0v) is 25.7. The van der Waals surface area contributed by atoms with Gasteiger partial charge in [-0.1, -0.05) is 25.9 Å². The lowest BCUT2D eigenvalue weighted by molar-refractivity contribution is -0.178. The third kappa shape index (κ3) is 6.01. The van der Waals surface area contributed by atoms with Crippen molar-refractivity contribution in [3.8, 4) is 0 Å². The Bertz CT molecular complexity index is 1500. The van der Waals surface area contributed by atoms with Gasteiger partial charge in [-0.25, -0.2) is 9.37 Å². The van der Waals surface area contributed by atoms with E-state index in [1.165, 1.54) is 12.1 Å². The summed E-state index contributed by atoms with van der Waals surface area (Å²) < 4.78 is 32.1. The first kappa shape index (κ1) is 30.4. The third-order valence-corrected chi connectivity index (χ3v) is 9.59. The summed E-state index contributed by atoms with van der Waals surface area (Å²) in [6.45, 7) is 14.7. The van der Waals surface area contributed by atoms with Gasteiger partial charge in [-0.3, -0.25) is 14.2 Å². The highest BCUT2D eigenvalue weighted by Gasteiger charge is 2.41. The van der Waals surface area contributed by atoms with Crippen LogP contribution in [0.3, 0.4) is 0 Å². The number of ether oxygens (including phenoxy) is 2. The lowest BCUT2D eigenvalue weighted by atomic mass is 9.69. The van der Waals surface area contributed by atoms with Crippen LogP contribution in [-0.4, -0.2) is 52.0 Å². The van der Waals surface area contributed by atoms with Crippen LogP contribution in [0.1, 0.15) is 95.1 Å². The Hall–Kier alpha value is -3.11. The molecule has 42 heavy (non-hydrogen) atoms. The van der Waals surface area contributed by atoms with Crippen molar-refractivity contribution in [3.05, 3.63) is 57.1 Å². The van der Waals surface area contributed by atoms with Crippen molar-refractivity contribution in [2.24, 2.45) is 10.8 Å². The predicted octanol–water partition coefficient (Wildman–Crippen LogP) is 5.68. The molecule has 1 fully saturated rings. The number of piperidine rings is 1. The Kier molecular flexibility index (Phi) is 8.58. The molecule has 2 aliphatic rings. The number of carbonyl (C=O) groups is 1. The van der Waals surface area contributed by atoms with E-state index in [0.29, 0.717) is 24.4 Å². The molecule has 2 aromatic heterocycles. The number of aromatic nitrogens is 3. The Balaban J connectivity index is 1.18. The normalized spacial score (nSPS) is 18.8. The van der Waals surface area contributed by atoms with E-state index in [4.69, 9.17) is 19.0 Å². The molecule has 9 nitrogen and oxygen atoms in total. The number of hydrogen-bond donors (Lipinski definition) is 0. The fourth-order valence-electron chi connectivity index (χ4n) is 5.77. The van der Waals surface area contributed by atoms with E-state index in [1.54, 1.807) is 10.6 Å². The summed E-state index contributed by atoms with van der Waals surface area (Å²) in [5.41, 5.74) is 1.93. The first-order chi connectivity index (χ1) is 19.9. The molecule has 5 rings (SSSR count). The van der Waals surface area contributed by atoms with E-state index in [1.807, 2.05) is 41.5 Å². The fraction of sp³-hybridized carbons (Fsp3) is 0.625. The van der Waals surface area contributed by atoms with Crippen LogP contribution < -0.4 is 5.56 Å². The molecule has 0 bridgehead atoms. The highest BCUT2D eigenvalue weighted by Crippen LogP contribution is 2.39. The maximum absolute atomic E-state index is 13.6. The van der Waals surface area contributed by atoms with Crippen LogP contribution in [0.15, 0.2) is 27.5 Å². The van der Waals surface area contributed by atoms with E-state index in [-0.39, 0.29) is 35.5 Å². The number of likely N-dealkylation sites (tertiary alicyclic amines) is 1. The highest BCUT2D eigenvalue weighted by molar-refractivity contribution is 5.80. The van der Waals surface area contributed by atoms with Gasteiger partial charge in [0.2, 0.25) is 0 Å². The maximum atomic E-state index is 13.6.